The van der Waals surface area contributed by atoms with Gasteiger partial charge >= 0.3 is 12.2 Å². The van der Waals surface area contributed by atoms with Gasteiger partial charge in [-0.2, -0.15) is 13.2 Å². The fourth-order valence-corrected chi connectivity index (χ4v) is 3.27. The Morgan fingerprint density at radius 1 is 1.06 bits per heavy atom. The molecule has 0 atom stereocenters. The Morgan fingerprint density at radius 3 is 2.52 bits per heavy atom. The van der Waals surface area contributed by atoms with Gasteiger partial charge in [-0.15, -0.1) is 10.2 Å². The lowest BCUT2D eigenvalue weighted by molar-refractivity contribution is -0.124. The van der Waals surface area contributed by atoms with Crippen molar-refractivity contribution in [1.82, 2.24) is 30.4 Å². The molecule has 2 aromatic heterocycles. The second kappa shape index (κ2) is 10.1. The lowest BCUT2D eigenvalue weighted by Gasteiger charge is -2.11. The number of amides is 3. The Morgan fingerprint density at radius 2 is 1.84 bits per heavy atom. The zero-order chi connectivity index (χ0) is 22.3. The molecule has 2 N–H and O–H groups in total. The summed E-state index contributed by atoms with van der Waals surface area (Å²) in [5.41, 5.74) is 1.71. The van der Waals surface area contributed by atoms with Crippen LogP contribution < -0.4 is 10.6 Å². The predicted octanol–water partition coefficient (Wildman–Crippen LogP) is 2.87. The first-order valence-corrected chi connectivity index (χ1v) is 9.95. The first-order valence-electron chi connectivity index (χ1n) is 8.96. The van der Waals surface area contributed by atoms with Gasteiger partial charge in [-0.1, -0.05) is 42.1 Å². The van der Waals surface area contributed by atoms with Crippen LogP contribution >= 0.6 is 11.8 Å². The van der Waals surface area contributed by atoms with Crippen LogP contribution in [0.2, 0.25) is 0 Å². The fraction of sp³-hybridized carbons (Fsp3) is 0.211. The quantitative estimate of drug-likeness (QED) is 0.537. The Balaban J connectivity index is 1.70. The molecule has 2 heterocycles. The molecule has 3 amide bonds. The van der Waals surface area contributed by atoms with E-state index in [9.17, 15) is 22.8 Å². The van der Waals surface area contributed by atoms with Crippen LogP contribution in [-0.2, 0) is 11.3 Å². The highest BCUT2D eigenvalue weighted by molar-refractivity contribution is 7.99. The third kappa shape index (κ3) is 6.81. The third-order valence-corrected chi connectivity index (χ3v) is 4.82. The molecule has 0 bridgehead atoms. The average Bonchev–Trinajstić information content (AvgIpc) is 3.14. The number of aromatic nitrogens is 4. The fourth-order valence-electron chi connectivity index (χ4n) is 2.53. The van der Waals surface area contributed by atoms with Crippen molar-refractivity contribution >= 4 is 23.7 Å². The van der Waals surface area contributed by atoms with E-state index in [0.717, 1.165) is 22.9 Å². The highest BCUT2D eigenvalue weighted by Gasteiger charge is 2.28. The highest BCUT2D eigenvalue weighted by Crippen LogP contribution is 2.24. The average molecular weight is 450 g/mol. The van der Waals surface area contributed by atoms with E-state index in [2.05, 4.69) is 15.2 Å². The SMILES string of the molecule is O=C(CSc1nnc(-c2cccnc2)n1Cc1ccccc1)NC(=O)NCC(F)(F)F. The molecule has 162 valence electrons. The minimum absolute atomic E-state index is 0.237. The number of urea groups is 1. The van der Waals surface area contributed by atoms with E-state index in [1.807, 2.05) is 41.7 Å². The number of benzene rings is 1. The van der Waals surface area contributed by atoms with Gasteiger partial charge < -0.3 is 5.32 Å². The van der Waals surface area contributed by atoms with E-state index in [1.165, 1.54) is 0 Å². The molecule has 3 rings (SSSR count). The molecular weight excluding hydrogens is 433 g/mol. The van der Waals surface area contributed by atoms with Crippen molar-refractivity contribution in [1.29, 1.82) is 0 Å². The number of carbonyl (C=O) groups is 2. The number of hydrogen-bond donors (Lipinski definition) is 2. The summed E-state index contributed by atoms with van der Waals surface area (Å²) in [5.74, 6) is -0.455. The highest BCUT2D eigenvalue weighted by atomic mass is 32.2. The summed E-state index contributed by atoms with van der Waals surface area (Å²) in [6.45, 7) is -1.10. The van der Waals surface area contributed by atoms with Crippen molar-refractivity contribution in [2.45, 2.75) is 17.9 Å². The van der Waals surface area contributed by atoms with Crippen molar-refractivity contribution in [2.24, 2.45) is 0 Å². The summed E-state index contributed by atoms with van der Waals surface area (Å²) < 4.78 is 38.2. The van der Waals surface area contributed by atoms with E-state index in [0.29, 0.717) is 17.5 Å². The number of nitrogens with zero attached hydrogens (tertiary/aromatic N) is 4. The van der Waals surface area contributed by atoms with E-state index < -0.39 is 24.7 Å². The molecule has 31 heavy (non-hydrogen) atoms. The standard InChI is InChI=1S/C19H17F3N6O2S/c20-19(21,22)12-24-17(30)25-15(29)11-31-18-27-26-16(14-7-4-8-23-9-14)28(18)10-13-5-2-1-3-6-13/h1-9H,10-12H2,(H2,24,25,29,30). The first-order chi connectivity index (χ1) is 14.8. The minimum atomic E-state index is -4.56. The number of thioether (sulfide) groups is 1. The van der Waals surface area contributed by atoms with Gasteiger partial charge in [0, 0.05) is 18.0 Å². The normalized spacial score (nSPS) is 11.2. The summed E-state index contributed by atoms with van der Waals surface area (Å²) in [6, 6.07) is 11.9. The number of carbonyl (C=O) groups excluding carboxylic acids is 2. The largest absolute Gasteiger partial charge is 0.405 e. The monoisotopic (exact) mass is 450 g/mol. The minimum Gasteiger partial charge on any atom is -0.329 e. The molecule has 12 heteroatoms. The molecule has 0 saturated heterocycles. The molecule has 3 aromatic rings. The maximum absolute atomic E-state index is 12.1. The Labute approximate surface area is 179 Å². The van der Waals surface area contributed by atoms with E-state index in [4.69, 9.17) is 0 Å². The summed E-state index contributed by atoms with van der Waals surface area (Å²) in [6.07, 6.45) is -1.30. The van der Waals surface area contributed by atoms with Crippen molar-refractivity contribution in [3.63, 3.8) is 0 Å². The first kappa shape index (κ1) is 22.3. The maximum atomic E-state index is 12.1. The van der Waals surface area contributed by atoms with E-state index in [-0.39, 0.29) is 5.75 Å². The molecule has 8 nitrogen and oxygen atoms in total. The summed E-state index contributed by atoms with van der Waals surface area (Å²) in [5, 5.41) is 12.2. The van der Waals surface area contributed by atoms with Gasteiger partial charge in [0.05, 0.1) is 12.3 Å². The molecular formula is C19H17F3N6O2S. The molecule has 0 spiro atoms. The molecule has 0 aliphatic rings. The Hall–Kier alpha value is -3.41. The zero-order valence-electron chi connectivity index (χ0n) is 16.0. The number of nitrogens with one attached hydrogen (secondary N) is 2. The molecule has 0 fully saturated rings. The van der Waals surface area contributed by atoms with Crippen LogP contribution in [0, 0.1) is 0 Å². The van der Waals surface area contributed by atoms with Crippen LogP contribution in [0.4, 0.5) is 18.0 Å². The van der Waals surface area contributed by atoms with Crippen LogP contribution in [0.1, 0.15) is 5.56 Å². The molecule has 0 unspecified atom stereocenters. The summed E-state index contributed by atoms with van der Waals surface area (Å²) >= 11 is 1.01. The topological polar surface area (TPSA) is 102 Å². The number of alkyl halides is 3. The summed E-state index contributed by atoms with van der Waals surface area (Å²) in [4.78, 5) is 27.5. The Kier molecular flexibility index (Phi) is 7.23. The van der Waals surface area contributed by atoms with Crippen LogP contribution in [0.15, 0.2) is 60.0 Å². The molecule has 0 radical (unpaired) electrons. The number of pyridine rings is 1. The lowest BCUT2D eigenvalue weighted by Crippen LogP contribution is -2.43. The number of hydrogen-bond acceptors (Lipinski definition) is 6. The van der Waals surface area contributed by atoms with Crippen molar-refractivity contribution in [3.8, 4) is 11.4 Å². The van der Waals surface area contributed by atoms with Crippen LogP contribution in [0.5, 0.6) is 0 Å². The van der Waals surface area contributed by atoms with Gasteiger partial charge in [0.25, 0.3) is 0 Å². The number of halogens is 3. The third-order valence-electron chi connectivity index (χ3n) is 3.85. The van der Waals surface area contributed by atoms with Gasteiger partial charge in [0.15, 0.2) is 11.0 Å². The summed E-state index contributed by atoms with van der Waals surface area (Å²) in [7, 11) is 0. The van der Waals surface area contributed by atoms with Crippen molar-refractivity contribution < 1.29 is 22.8 Å². The number of rotatable bonds is 7. The predicted molar refractivity (Wildman–Crippen MR) is 107 cm³/mol. The van der Waals surface area contributed by atoms with Crippen molar-refractivity contribution in [3.05, 3.63) is 60.4 Å². The van der Waals surface area contributed by atoms with Gasteiger partial charge in [0.1, 0.15) is 6.54 Å². The lowest BCUT2D eigenvalue weighted by atomic mass is 10.2. The van der Waals surface area contributed by atoms with Crippen LogP contribution in [-0.4, -0.2) is 50.2 Å². The number of imide groups is 1. The Bertz CT molecular complexity index is 1030. The molecule has 0 aliphatic heterocycles. The second-order valence-corrected chi connectivity index (χ2v) is 7.20. The van der Waals surface area contributed by atoms with Gasteiger partial charge in [-0.05, 0) is 17.7 Å². The van der Waals surface area contributed by atoms with Crippen LogP contribution in [0.25, 0.3) is 11.4 Å². The second-order valence-electron chi connectivity index (χ2n) is 6.25. The van der Waals surface area contributed by atoms with E-state index >= 15 is 0 Å². The maximum Gasteiger partial charge on any atom is 0.405 e. The van der Waals surface area contributed by atoms with E-state index in [1.54, 1.807) is 28.3 Å². The van der Waals surface area contributed by atoms with Gasteiger partial charge in [-0.3, -0.25) is 19.7 Å². The molecule has 0 saturated carbocycles. The smallest absolute Gasteiger partial charge is 0.329 e. The molecule has 1 aromatic carbocycles. The van der Waals surface area contributed by atoms with Crippen LogP contribution in [0.3, 0.4) is 0 Å². The molecule has 0 aliphatic carbocycles. The zero-order valence-corrected chi connectivity index (χ0v) is 16.8. The van der Waals surface area contributed by atoms with Crippen molar-refractivity contribution in [2.75, 3.05) is 12.3 Å². The van der Waals surface area contributed by atoms with Gasteiger partial charge in [-0.25, -0.2) is 4.79 Å². The van der Waals surface area contributed by atoms with Gasteiger partial charge in [0.2, 0.25) is 5.91 Å².